The zero-order valence-corrected chi connectivity index (χ0v) is 77.2. The summed E-state index contributed by atoms with van der Waals surface area (Å²) in [6, 6.07) is 198. The molecular formula is C132H90N4S2. The number of rotatable bonds is 20. The second-order valence-electron chi connectivity index (χ2n) is 35.1. The number of aromatic nitrogens is 2. The van der Waals surface area contributed by atoms with E-state index in [1.165, 1.54) is 174 Å². The average Bonchev–Trinajstić information content (AvgIpc) is 1.59. The molecule has 0 saturated carbocycles. The lowest BCUT2D eigenvalue weighted by atomic mass is 9.99. The summed E-state index contributed by atoms with van der Waals surface area (Å²) in [7, 11) is 0. The van der Waals surface area contributed by atoms with Gasteiger partial charge in [-0.1, -0.05) is 394 Å². The smallest absolute Gasteiger partial charge is 0.0541 e. The van der Waals surface area contributed by atoms with Crippen molar-refractivity contribution in [3.05, 3.63) is 546 Å². The van der Waals surface area contributed by atoms with E-state index in [9.17, 15) is 0 Å². The summed E-state index contributed by atoms with van der Waals surface area (Å²) < 4.78 is 4.80. The van der Waals surface area contributed by atoms with Crippen LogP contribution in [0, 0.1) is 0 Å². The second kappa shape index (κ2) is 37.1. The Labute approximate surface area is 812 Å². The highest BCUT2D eigenvalue weighted by Gasteiger charge is 2.22. The third-order valence-corrected chi connectivity index (χ3v) is 29.1. The van der Waals surface area contributed by atoms with E-state index in [0.29, 0.717) is 0 Å². The number of thiophene rings is 2. The third-order valence-electron chi connectivity index (χ3n) is 26.8. The number of para-hydroxylation sites is 3. The van der Waals surface area contributed by atoms with Gasteiger partial charge in [0.05, 0.1) is 27.8 Å². The fourth-order valence-corrected chi connectivity index (χ4v) is 21.7. The average molecular weight is 1800 g/mol. The number of hydrogen-bond acceptors (Lipinski definition) is 4. The van der Waals surface area contributed by atoms with Crippen LogP contribution in [-0.4, -0.2) is 9.13 Å². The van der Waals surface area contributed by atoms with Gasteiger partial charge in [0.2, 0.25) is 0 Å². The van der Waals surface area contributed by atoms with Gasteiger partial charge < -0.3 is 18.9 Å². The van der Waals surface area contributed by atoms with E-state index in [4.69, 9.17) is 0 Å². The standard InChI is InChI=1S/C76H52N2S.C56H38N2S/c1-4-12-53(13-5-1)55-20-24-57(25-21-55)59-32-41-67(42-33-59)77(68-43-34-60(35-44-68)58-26-22-56(23-27-58)54-14-6-2-7-15-54)69-45-36-61(37-46-69)62-38-47-70(48-39-62)78-73-19-11-10-18-71(73)72-52-66(40-49-74(72)78)63-28-30-65(31-29-63)76-51-50-75(79-76)64-16-8-3-9-17-64;1-3-13-43(14-4-1)55-36-37-56(59-55)44-24-22-41(23-25-44)45-30-35-54-51(38-45)50-19-9-10-20-53(50)58(54)48-33-28-40(29-34-48)39-26-31-47(32-27-39)57(46-16-5-2-6-17-46)52-21-11-15-42-12-7-8-18-49(42)52/h1-52H;1-38H. The van der Waals surface area contributed by atoms with E-state index in [-0.39, 0.29) is 0 Å². The Kier molecular flexibility index (Phi) is 22.5. The van der Waals surface area contributed by atoms with Crippen LogP contribution in [0.5, 0.6) is 0 Å². The van der Waals surface area contributed by atoms with Crippen LogP contribution >= 0.6 is 22.7 Å². The van der Waals surface area contributed by atoms with Crippen LogP contribution in [0.25, 0.3) is 197 Å². The molecule has 25 rings (SSSR count). The van der Waals surface area contributed by atoms with E-state index in [0.717, 1.165) is 56.6 Å². The molecule has 21 aromatic carbocycles. The van der Waals surface area contributed by atoms with Crippen LogP contribution in [-0.2, 0) is 0 Å². The highest BCUT2D eigenvalue weighted by molar-refractivity contribution is 7.19. The molecule has 0 fully saturated rings. The zero-order chi connectivity index (χ0) is 91.6. The molecule has 0 unspecified atom stereocenters. The zero-order valence-electron chi connectivity index (χ0n) is 75.6. The highest BCUT2D eigenvalue weighted by Crippen LogP contribution is 2.46. The molecule has 4 nitrogen and oxygen atoms in total. The molecule has 6 heteroatoms. The molecule has 0 spiro atoms. The lowest BCUT2D eigenvalue weighted by Gasteiger charge is -2.27. The minimum Gasteiger partial charge on any atom is -0.311 e. The summed E-state index contributed by atoms with van der Waals surface area (Å²) in [5, 5.41) is 7.44. The molecule has 4 aromatic heterocycles. The molecule has 650 valence electrons. The molecule has 0 atom stereocenters. The monoisotopic (exact) mass is 1790 g/mol. The molecule has 0 radical (unpaired) electrons. The molecule has 138 heavy (non-hydrogen) atoms. The largest absolute Gasteiger partial charge is 0.311 e. The normalized spacial score (nSPS) is 11.3. The molecule has 0 aliphatic rings. The minimum atomic E-state index is 1.08. The summed E-state index contributed by atoms with van der Waals surface area (Å²) in [5.41, 5.74) is 37.9. The summed E-state index contributed by atoms with van der Waals surface area (Å²) in [5.74, 6) is 0. The Morgan fingerprint density at radius 3 is 0.710 bits per heavy atom. The molecule has 0 aliphatic carbocycles. The summed E-state index contributed by atoms with van der Waals surface area (Å²) in [6.45, 7) is 0. The van der Waals surface area contributed by atoms with E-state index in [1.54, 1.807) is 0 Å². The number of fused-ring (bicyclic) bond motifs is 7. The van der Waals surface area contributed by atoms with Crippen LogP contribution in [0.15, 0.2) is 546 Å². The second-order valence-corrected chi connectivity index (χ2v) is 37.2. The van der Waals surface area contributed by atoms with Gasteiger partial charge in [-0.05, 0) is 268 Å². The van der Waals surface area contributed by atoms with Crippen LogP contribution < -0.4 is 9.80 Å². The quantitative estimate of drug-likeness (QED) is 0.0756. The minimum absolute atomic E-state index is 1.08. The maximum absolute atomic E-state index is 2.40. The third kappa shape index (κ3) is 16.6. The number of anilines is 6. The SMILES string of the molecule is c1ccc(-c2ccc(-c3ccc(-c4ccc5c(c4)c4ccccc4n5-c4ccc(-c5ccc(N(c6ccccc6)c6cccc7ccccc67)cc5)cc4)cc3)s2)cc1.c1ccc(-c2ccc(-c3ccc(N(c4ccc(-c5ccc(-c6ccccc6)cc5)cc4)c4ccc(-c5ccc(-n6c7ccccc7c7cc(-c8ccc(-c9ccc(-c%10ccccc%10)s9)cc8)ccc76)cc5)cc4)cc3)cc2)cc1. The predicted molar refractivity (Wildman–Crippen MR) is 589 cm³/mol. The number of hydrogen-bond donors (Lipinski definition) is 0. The Hall–Kier alpha value is -17.5. The van der Waals surface area contributed by atoms with Crippen molar-refractivity contribution < 1.29 is 0 Å². The lowest BCUT2D eigenvalue weighted by Crippen LogP contribution is -2.10. The molecule has 4 heterocycles. The highest BCUT2D eigenvalue weighted by atomic mass is 32.1. The van der Waals surface area contributed by atoms with Crippen molar-refractivity contribution in [3.8, 4) is 142 Å². The van der Waals surface area contributed by atoms with Crippen LogP contribution in [0.3, 0.4) is 0 Å². The van der Waals surface area contributed by atoms with Gasteiger partial charge in [-0.2, -0.15) is 0 Å². The lowest BCUT2D eigenvalue weighted by molar-refractivity contribution is 1.18. The van der Waals surface area contributed by atoms with Gasteiger partial charge in [-0.3, -0.25) is 0 Å². The van der Waals surface area contributed by atoms with Crippen molar-refractivity contribution in [1.82, 2.24) is 9.13 Å². The van der Waals surface area contributed by atoms with E-state index in [2.05, 4.69) is 565 Å². The van der Waals surface area contributed by atoms with Crippen LogP contribution in [0.4, 0.5) is 34.1 Å². The van der Waals surface area contributed by atoms with E-state index >= 15 is 0 Å². The Morgan fingerprint density at radius 2 is 0.362 bits per heavy atom. The molecule has 25 aromatic rings. The van der Waals surface area contributed by atoms with Gasteiger partial charge in [0, 0.05) is 86.3 Å². The van der Waals surface area contributed by atoms with Crippen molar-refractivity contribution in [2.45, 2.75) is 0 Å². The number of benzene rings is 21. The first-order valence-corrected chi connectivity index (χ1v) is 48.7. The van der Waals surface area contributed by atoms with Gasteiger partial charge >= 0.3 is 0 Å². The Morgan fingerprint density at radius 1 is 0.138 bits per heavy atom. The van der Waals surface area contributed by atoms with Crippen molar-refractivity contribution in [2.24, 2.45) is 0 Å². The maximum atomic E-state index is 2.40. The van der Waals surface area contributed by atoms with Crippen molar-refractivity contribution in [2.75, 3.05) is 9.80 Å². The first-order chi connectivity index (χ1) is 68.4. The molecule has 0 bridgehead atoms. The van der Waals surface area contributed by atoms with Crippen LogP contribution in [0.2, 0.25) is 0 Å². The predicted octanol–water partition coefficient (Wildman–Crippen LogP) is 37.8. The molecular weight excluding hydrogens is 1710 g/mol. The summed E-state index contributed by atoms with van der Waals surface area (Å²) in [6.07, 6.45) is 0. The Balaban J connectivity index is 0.000000157. The molecule has 0 N–H and O–H groups in total. The first kappa shape index (κ1) is 83.5. The van der Waals surface area contributed by atoms with Gasteiger partial charge in [0.1, 0.15) is 0 Å². The molecule has 0 saturated heterocycles. The van der Waals surface area contributed by atoms with Gasteiger partial charge in [0.25, 0.3) is 0 Å². The molecule has 0 aliphatic heterocycles. The topological polar surface area (TPSA) is 16.3 Å². The molecule has 0 amide bonds. The Bertz CT molecular complexity index is 8480. The summed E-state index contributed by atoms with van der Waals surface area (Å²) in [4.78, 5) is 9.84. The van der Waals surface area contributed by atoms with E-state index in [1.807, 2.05) is 22.7 Å². The fourth-order valence-electron chi connectivity index (χ4n) is 19.7. The van der Waals surface area contributed by atoms with Crippen molar-refractivity contribution >= 4 is 111 Å². The van der Waals surface area contributed by atoms with Gasteiger partial charge in [-0.25, -0.2) is 0 Å². The van der Waals surface area contributed by atoms with Gasteiger partial charge in [0.15, 0.2) is 0 Å². The van der Waals surface area contributed by atoms with Crippen molar-refractivity contribution in [1.29, 1.82) is 0 Å². The van der Waals surface area contributed by atoms with Crippen molar-refractivity contribution in [3.63, 3.8) is 0 Å². The maximum Gasteiger partial charge on any atom is 0.0541 e. The van der Waals surface area contributed by atoms with E-state index < -0.39 is 0 Å². The number of nitrogens with zero attached hydrogens (tertiary/aromatic N) is 4. The van der Waals surface area contributed by atoms with Crippen LogP contribution in [0.1, 0.15) is 0 Å². The first-order valence-electron chi connectivity index (χ1n) is 47.0. The summed E-state index contributed by atoms with van der Waals surface area (Å²) >= 11 is 3.68. The van der Waals surface area contributed by atoms with Gasteiger partial charge in [-0.15, -0.1) is 22.7 Å². The fraction of sp³-hybridized carbons (Fsp3) is 0.